The molecule has 0 aliphatic heterocycles. The van der Waals surface area contributed by atoms with Gasteiger partial charge in [-0.25, -0.2) is 0 Å². The number of unbranched alkanes of at least 4 members (excludes halogenated alkanes) is 5. The monoisotopic (exact) mass is 264 g/mol. The van der Waals surface area contributed by atoms with Gasteiger partial charge < -0.3 is 0 Å². The second-order valence-electron chi connectivity index (χ2n) is 7.21. The summed E-state index contributed by atoms with van der Waals surface area (Å²) < 4.78 is 0. The highest BCUT2D eigenvalue weighted by molar-refractivity contribution is 5.83. The molecule has 3 atom stereocenters. The van der Waals surface area contributed by atoms with E-state index in [4.69, 9.17) is 0 Å². The van der Waals surface area contributed by atoms with E-state index < -0.39 is 0 Å². The number of carbonyl (C=O) groups excluding carboxylic acids is 1. The first-order valence-electron chi connectivity index (χ1n) is 8.71. The van der Waals surface area contributed by atoms with E-state index in [1.165, 1.54) is 64.2 Å². The zero-order valence-electron chi connectivity index (χ0n) is 13.0. The zero-order chi connectivity index (χ0) is 13.7. The fraction of sp³-hybridized carbons (Fsp3) is 0.944. The van der Waals surface area contributed by atoms with Gasteiger partial charge in [0.2, 0.25) is 0 Å². The Morgan fingerprint density at radius 1 is 1.11 bits per heavy atom. The largest absolute Gasteiger partial charge is 0.299 e. The Morgan fingerprint density at radius 3 is 2.63 bits per heavy atom. The predicted molar refractivity (Wildman–Crippen MR) is 81.2 cm³/mol. The minimum atomic E-state index is 0.374. The second kappa shape index (κ2) is 6.90. The van der Waals surface area contributed by atoms with Crippen LogP contribution in [0.2, 0.25) is 0 Å². The first-order chi connectivity index (χ1) is 9.18. The first kappa shape index (κ1) is 15.1. The minimum absolute atomic E-state index is 0.374. The Labute approximate surface area is 119 Å². The molecule has 1 heteroatoms. The van der Waals surface area contributed by atoms with Crippen molar-refractivity contribution in [1.29, 1.82) is 0 Å². The van der Waals surface area contributed by atoms with Gasteiger partial charge in [-0.3, -0.25) is 4.79 Å². The van der Waals surface area contributed by atoms with Gasteiger partial charge in [-0.05, 0) is 43.4 Å². The van der Waals surface area contributed by atoms with Crippen molar-refractivity contribution in [2.45, 2.75) is 90.9 Å². The van der Waals surface area contributed by atoms with Crippen LogP contribution in [0, 0.1) is 17.3 Å². The third kappa shape index (κ3) is 3.41. The fourth-order valence-electron chi connectivity index (χ4n) is 4.68. The maximum atomic E-state index is 12.1. The predicted octanol–water partition coefficient (Wildman–Crippen LogP) is 5.52. The van der Waals surface area contributed by atoms with Crippen molar-refractivity contribution >= 4 is 5.78 Å². The van der Waals surface area contributed by atoms with Crippen molar-refractivity contribution in [2.75, 3.05) is 0 Å². The summed E-state index contributed by atoms with van der Waals surface area (Å²) in [6.45, 7) is 4.70. The molecule has 2 aliphatic carbocycles. The lowest BCUT2D eigenvalue weighted by atomic mass is 9.64. The lowest BCUT2D eigenvalue weighted by Gasteiger charge is -2.40. The average molecular weight is 264 g/mol. The van der Waals surface area contributed by atoms with Crippen LogP contribution in [-0.4, -0.2) is 5.78 Å². The van der Waals surface area contributed by atoms with Crippen LogP contribution >= 0.6 is 0 Å². The molecule has 0 aromatic rings. The van der Waals surface area contributed by atoms with Crippen LogP contribution in [0.15, 0.2) is 0 Å². The van der Waals surface area contributed by atoms with Gasteiger partial charge in [0.1, 0.15) is 5.78 Å². The third-order valence-electron chi connectivity index (χ3n) is 5.97. The molecule has 2 aliphatic rings. The number of hydrogen-bond donors (Lipinski definition) is 0. The molecule has 0 N–H and O–H groups in total. The Balaban J connectivity index is 1.74. The molecule has 2 saturated carbocycles. The molecule has 2 rings (SSSR count). The number of carbonyl (C=O) groups is 1. The van der Waals surface area contributed by atoms with Gasteiger partial charge in [0.25, 0.3) is 0 Å². The van der Waals surface area contributed by atoms with Gasteiger partial charge in [-0.2, -0.15) is 0 Å². The van der Waals surface area contributed by atoms with Crippen molar-refractivity contribution in [1.82, 2.24) is 0 Å². The smallest absolute Gasteiger partial charge is 0.136 e. The first-order valence-corrected chi connectivity index (χ1v) is 8.71. The highest BCUT2D eigenvalue weighted by Crippen LogP contribution is 2.55. The van der Waals surface area contributed by atoms with E-state index in [-0.39, 0.29) is 0 Å². The van der Waals surface area contributed by atoms with Crippen molar-refractivity contribution in [3.8, 4) is 0 Å². The lowest BCUT2D eigenvalue weighted by molar-refractivity contribution is -0.129. The van der Waals surface area contributed by atoms with Crippen LogP contribution in [0.5, 0.6) is 0 Å². The number of Topliss-reactive ketones (excluding diaryl/α,β-unsaturated/α-hetero) is 1. The molecule has 1 unspecified atom stereocenters. The number of hydrogen-bond acceptors (Lipinski definition) is 1. The molecule has 0 bridgehead atoms. The van der Waals surface area contributed by atoms with Crippen LogP contribution in [0.3, 0.4) is 0 Å². The van der Waals surface area contributed by atoms with Gasteiger partial charge >= 0.3 is 0 Å². The normalized spacial score (nSPS) is 34.5. The molecule has 19 heavy (non-hydrogen) atoms. The SMILES string of the molecule is CCCCCCCCC1CC[C@H]2C(=O)CCC[C@]12C. The quantitative estimate of drug-likeness (QED) is 0.553. The van der Waals surface area contributed by atoms with Gasteiger partial charge in [-0.1, -0.05) is 52.4 Å². The van der Waals surface area contributed by atoms with E-state index in [0.717, 1.165) is 18.8 Å². The van der Waals surface area contributed by atoms with Crippen LogP contribution in [-0.2, 0) is 4.79 Å². The van der Waals surface area contributed by atoms with Gasteiger partial charge in [0.15, 0.2) is 0 Å². The van der Waals surface area contributed by atoms with Gasteiger partial charge in [0.05, 0.1) is 0 Å². The Bertz CT molecular complexity index is 296. The summed E-state index contributed by atoms with van der Waals surface area (Å²) in [5, 5.41) is 0. The van der Waals surface area contributed by atoms with Crippen molar-refractivity contribution < 1.29 is 4.79 Å². The molecular formula is C18H32O. The summed E-state index contributed by atoms with van der Waals surface area (Å²) in [7, 11) is 0. The van der Waals surface area contributed by atoms with Gasteiger partial charge in [-0.15, -0.1) is 0 Å². The molecule has 0 saturated heterocycles. The van der Waals surface area contributed by atoms with Crippen LogP contribution in [0.1, 0.15) is 90.9 Å². The number of ketones is 1. The van der Waals surface area contributed by atoms with E-state index >= 15 is 0 Å². The molecule has 0 spiro atoms. The van der Waals surface area contributed by atoms with Gasteiger partial charge in [0, 0.05) is 12.3 Å². The van der Waals surface area contributed by atoms with Crippen LogP contribution < -0.4 is 0 Å². The summed E-state index contributed by atoms with van der Waals surface area (Å²) in [5.41, 5.74) is 0.374. The summed E-state index contributed by atoms with van der Waals surface area (Å²) in [6.07, 6.45) is 15.6. The molecule has 0 aromatic heterocycles. The molecule has 0 aromatic carbocycles. The molecular weight excluding hydrogens is 232 g/mol. The average Bonchev–Trinajstić information content (AvgIpc) is 2.72. The van der Waals surface area contributed by atoms with E-state index in [9.17, 15) is 4.79 Å². The summed E-state index contributed by atoms with van der Waals surface area (Å²) in [5.74, 6) is 1.85. The number of fused-ring (bicyclic) bond motifs is 1. The van der Waals surface area contributed by atoms with Crippen LogP contribution in [0.25, 0.3) is 0 Å². The van der Waals surface area contributed by atoms with E-state index in [2.05, 4.69) is 13.8 Å². The highest BCUT2D eigenvalue weighted by Gasteiger charge is 2.50. The Hall–Kier alpha value is -0.330. The molecule has 1 nitrogen and oxygen atoms in total. The Kier molecular flexibility index (Phi) is 5.47. The zero-order valence-corrected chi connectivity index (χ0v) is 13.0. The van der Waals surface area contributed by atoms with E-state index in [1.807, 2.05) is 0 Å². The summed E-state index contributed by atoms with van der Waals surface area (Å²) in [4.78, 5) is 12.1. The molecule has 110 valence electrons. The van der Waals surface area contributed by atoms with Crippen molar-refractivity contribution in [3.05, 3.63) is 0 Å². The summed E-state index contributed by atoms with van der Waals surface area (Å²) in [6, 6.07) is 0. The third-order valence-corrected chi connectivity index (χ3v) is 5.97. The maximum Gasteiger partial charge on any atom is 0.136 e. The topological polar surface area (TPSA) is 17.1 Å². The molecule has 0 radical (unpaired) electrons. The molecule has 0 amide bonds. The molecule has 0 heterocycles. The fourth-order valence-corrected chi connectivity index (χ4v) is 4.68. The summed E-state index contributed by atoms with van der Waals surface area (Å²) >= 11 is 0. The Morgan fingerprint density at radius 2 is 1.84 bits per heavy atom. The van der Waals surface area contributed by atoms with Crippen LogP contribution in [0.4, 0.5) is 0 Å². The van der Waals surface area contributed by atoms with E-state index in [1.54, 1.807) is 0 Å². The maximum absolute atomic E-state index is 12.1. The minimum Gasteiger partial charge on any atom is -0.299 e. The van der Waals surface area contributed by atoms with E-state index in [0.29, 0.717) is 17.1 Å². The van der Waals surface area contributed by atoms with Crippen molar-refractivity contribution in [3.63, 3.8) is 0 Å². The molecule has 2 fully saturated rings. The number of rotatable bonds is 7. The standard InChI is InChI=1S/C18H32O/c1-3-4-5-6-7-8-10-15-12-13-16-17(19)11-9-14-18(15,16)2/h15-16H,3-14H2,1-2H3/t15?,16-,18+/m0/s1. The highest BCUT2D eigenvalue weighted by atomic mass is 16.1. The second-order valence-corrected chi connectivity index (χ2v) is 7.21. The van der Waals surface area contributed by atoms with Crippen molar-refractivity contribution in [2.24, 2.45) is 17.3 Å². The lowest BCUT2D eigenvalue weighted by Crippen LogP contribution is -2.37.